The molecule has 4 N–H and O–H groups in total. The molecule has 4 saturated carbocycles. The van der Waals surface area contributed by atoms with Crippen LogP contribution in [0.25, 0.3) is 0 Å². The number of ether oxygens (including phenoxy) is 1. The fourth-order valence-electron chi connectivity index (χ4n) is 7.10. The third-order valence-corrected chi connectivity index (χ3v) is 7.91. The van der Waals surface area contributed by atoms with Crippen molar-refractivity contribution in [1.29, 1.82) is 5.26 Å². The summed E-state index contributed by atoms with van der Waals surface area (Å²) in [6, 6.07) is 8.04. The second-order valence-electron chi connectivity index (χ2n) is 10.6. The van der Waals surface area contributed by atoms with Gasteiger partial charge in [0.1, 0.15) is 23.2 Å². The Morgan fingerprint density at radius 3 is 2.51 bits per heavy atom. The second kappa shape index (κ2) is 8.86. The molecule has 1 heterocycles. The minimum atomic E-state index is -4.78. The number of nitrogens with one attached hydrogen (secondary N) is 2. The van der Waals surface area contributed by atoms with Gasteiger partial charge >= 0.3 is 6.36 Å². The number of hydrogen-bond acceptors (Lipinski definition) is 7. The number of benzene rings is 1. The Balaban J connectivity index is 1.29. The highest BCUT2D eigenvalue weighted by atomic mass is 19.4. The summed E-state index contributed by atoms with van der Waals surface area (Å²) in [5, 5.41) is 15.9. The zero-order valence-electron chi connectivity index (χ0n) is 19.4. The molecule has 7 nitrogen and oxygen atoms in total. The number of nitriles is 1. The minimum absolute atomic E-state index is 0.0317. The molecule has 4 atom stereocenters. The summed E-state index contributed by atoms with van der Waals surface area (Å²) in [6.07, 6.45) is 3.85. The van der Waals surface area contributed by atoms with Crippen molar-refractivity contribution in [2.24, 2.45) is 28.4 Å². The number of nitrogens with two attached hydrogens (primary N) is 1. The average molecular weight is 487 g/mol. The standard InChI is InChI=1S/C25H29F3N6O/c26-25(27,28)35-20-4-2-1-3-18(20)11-31-22-32-12-19(10-29)21(34-22)33-15-24-8-16-5-17(9-24)7-23(6-16,13-24)14-30/h1-4,12,16-17H,5-9,11,13-15,30H2,(H2,31,32,33,34)/t16-,17?,23?,24?/m1/s1. The zero-order chi connectivity index (χ0) is 24.7. The molecular weight excluding hydrogens is 457 g/mol. The van der Waals surface area contributed by atoms with Gasteiger partial charge in [0.2, 0.25) is 5.95 Å². The van der Waals surface area contributed by atoms with E-state index in [-0.39, 0.29) is 29.1 Å². The van der Waals surface area contributed by atoms with Crippen molar-refractivity contribution in [3.63, 3.8) is 0 Å². The van der Waals surface area contributed by atoms with E-state index in [9.17, 15) is 18.4 Å². The predicted octanol–water partition coefficient (Wildman–Crippen LogP) is 4.82. The largest absolute Gasteiger partial charge is 0.573 e. The lowest BCUT2D eigenvalue weighted by molar-refractivity contribution is -0.274. The molecule has 1 aromatic carbocycles. The normalized spacial score (nSPS) is 29.0. The molecule has 0 spiro atoms. The van der Waals surface area contributed by atoms with Crippen molar-refractivity contribution in [1.82, 2.24) is 9.97 Å². The quantitative estimate of drug-likeness (QED) is 0.491. The van der Waals surface area contributed by atoms with Crippen LogP contribution < -0.4 is 21.1 Å². The van der Waals surface area contributed by atoms with Gasteiger partial charge in [0.25, 0.3) is 0 Å². The number of para-hydroxylation sites is 1. The van der Waals surface area contributed by atoms with Gasteiger partial charge in [-0.2, -0.15) is 10.2 Å². The molecule has 6 rings (SSSR count). The molecule has 0 saturated heterocycles. The van der Waals surface area contributed by atoms with Gasteiger partial charge in [-0.15, -0.1) is 13.2 Å². The number of hydrogen-bond donors (Lipinski definition) is 3. The van der Waals surface area contributed by atoms with E-state index >= 15 is 0 Å². The molecule has 3 unspecified atom stereocenters. The summed E-state index contributed by atoms with van der Waals surface area (Å²) >= 11 is 0. The lowest BCUT2D eigenvalue weighted by Gasteiger charge is -2.62. The van der Waals surface area contributed by atoms with E-state index in [4.69, 9.17) is 5.73 Å². The van der Waals surface area contributed by atoms with Crippen molar-refractivity contribution in [3.05, 3.63) is 41.6 Å². The van der Waals surface area contributed by atoms with Crippen LogP contribution in [-0.2, 0) is 6.54 Å². The van der Waals surface area contributed by atoms with Gasteiger partial charge in [-0.05, 0) is 73.8 Å². The Morgan fingerprint density at radius 1 is 1.11 bits per heavy atom. The van der Waals surface area contributed by atoms with Crippen molar-refractivity contribution < 1.29 is 17.9 Å². The molecule has 186 valence electrons. The summed E-state index contributed by atoms with van der Waals surface area (Å²) in [6.45, 7) is 1.48. The summed E-state index contributed by atoms with van der Waals surface area (Å²) in [4.78, 5) is 8.64. The zero-order valence-corrected chi connectivity index (χ0v) is 19.4. The van der Waals surface area contributed by atoms with Gasteiger partial charge in [0.15, 0.2) is 0 Å². The fourth-order valence-corrected chi connectivity index (χ4v) is 7.10. The Bertz CT molecular complexity index is 1120. The van der Waals surface area contributed by atoms with Crippen LogP contribution in [0.15, 0.2) is 30.5 Å². The van der Waals surface area contributed by atoms with Gasteiger partial charge in [-0.25, -0.2) is 4.98 Å². The molecule has 0 aliphatic heterocycles. The van der Waals surface area contributed by atoms with Gasteiger partial charge in [-0.3, -0.25) is 0 Å². The minimum Gasteiger partial charge on any atom is -0.405 e. The summed E-state index contributed by atoms with van der Waals surface area (Å²) < 4.78 is 42.2. The van der Waals surface area contributed by atoms with E-state index in [1.807, 2.05) is 0 Å². The van der Waals surface area contributed by atoms with Gasteiger partial charge in [0.05, 0.1) is 6.20 Å². The van der Waals surface area contributed by atoms with Crippen LogP contribution >= 0.6 is 0 Å². The lowest BCUT2D eigenvalue weighted by Crippen LogP contribution is -2.56. The van der Waals surface area contributed by atoms with Crippen molar-refractivity contribution in [2.75, 3.05) is 23.7 Å². The van der Waals surface area contributed by atoms with Gasteiger partial charge in [-0.1, -0.05) is 18.2 Å². The molecule has 35 heavy (non-hydrogen) atoms. The first kappa shape index (κ1) is 23.7. The van der Waals surface area contributed by atoms with Crippen LogP contribution in [0.1, 0.15) is 49.7 Å². The third-order valence-electron chi connectivity index (χ3n) is 7.91. The number of anilines is 2. The highest BCUT2D eigenvalue weighted by Crippen LogP contribution is 2.64. The predicted molar refractivity (Wildman–Crippen MR) is 124 cm³/mol. The van der Waals surface area contributed by atoms with Crippen LogP contribution in [0.5, 0.6) is 5.75 Å². The maximum atomic E-state index is 12.7. The summed E-state index contributed by atoms with van der Waals surface area (Å²) in [5.41, 5.74) is 7.26. The maximum Gasteiger partial charge on any atom is 0.573 e. The maximum absolute atomic E-state index is 12.7. The Labute approximate surface area is 202 Å². The summed E-state index contributed by atoms with van der Waals surface area (Å²) in [5.74, 6) is 1.81. The Morgan fingerprint density at radius 2 is 1.83 bits per heavy atom. The van der Waals surface area contributed by atoms with Crippen LogP contribution in [0, 0.1) is 34.0 Å². The van der Waals surface area contributed by atoms with Crippen LogP contribution in [0.2, 0.25) is 0 Å². The highest BCUT2D eigenvalue weighted by molar-refractivity contribution is 5.53. The Hall–Kier alpha value is -3.06. The van der Waals surface area contributed by atoms with Gasteiger partial charge in [0, 0.05) is 18.7 Å². The lowest BCUT2D eigenvalue weighted by atomic mass is 9.44. The molecule has 1 aromatic heterocycles. The topological polar surface area (TPSA) is 109 Å². The molecule has 4 aliphatic carbocycles. The number of rotatable bonds is 8. The molecule has 4 fully saturated rings. The first-order valence-electron chi connectivity index (χ1n) is 12.0. The molecule has 10 heteroatoms. The highest BCUT2D eigenvalue weighted by Gasteiger charge is 2.56. The summed E-state index contributed by atoms with van der Waals surface area (Å²) in [7, 11) is 0. The molecule has 4 bridgehead atoms. The molecular formula is C25H29F3N6O. The van der Waals surface area contributed by atoms with E-state index in [0.717, 1.165) is 31.3 Å². The van der Waals surface area contributed by atoms with E-state index in [0.29, 0.717) is 16.9 Å². The first-order valence-corrected chi connectivity index (χ1v) is 12.0. The van der Waals surface area contributed by atoms with Crippen LogP contribution in [0.3, 0.4) is 0 Å². The van der Waals surface area contributed by atoms with E-state index in [1.165, 1.54) is 56.5 Å². The smallest absolute Gasteiger partial charge is 0.405 e. The molecule has 4 aliphatic rings. The molecule has 0 amide bonds. The second-order valence-corrected chi connectivity index (χ2v) is 10.6. The van der Waals surface area contributed by atoms with Crippen molar-refractivity contribution in [3.8, 4) is 11.8 Å². The number of aromatic nitrogens is 2. The molecule has 0 radical (unpaired) electrons. The fraction of sp³-hybridized carbons (Fsp3) is 0.560. The van der Waals surface area contributed by atoms with Crippen molar-refractivity contribution >= 4 is 11.8 Å². The number of alkyl halides is 3. The number of halogens is 3. The Kier molecular flexibility index (Phi) is 5.99. The molecule has 2 aromatic rings. The third kappa shape index (κ3) is 5.01. The van der Waals surface area contributed by atoms with E-state index < -0.39 is 6.36 Å². The van der Waals surface area contributed by atoms with E-state index in [2.05, 4.69) is 31.4 Å². The van der Waals surface area contributed by atoms with Crippen LogP contribution in [0.4, 0.5) is 24.9 Å². The van der Waals surface area contributed by atoms with Gasteiger partial charge < -0.3 is 21.1 Å². The van der Waals surface area contributed by atoms with E-state index in [1.54, 1.807) is 6.07 Å². The van der Waals surface area contributed by atoms with Crippen molar-refractivity contribution in [2.45, 2.75) is 51.4 Å². The SMILES string of the molecule is N#Cc1cnc(NCc2ccccc2OC(F)(F)F)nc1NCC12CC3C[C@H](CC(CN)(C3)C1)C2. The average Bonchev–Trinajstić information content (AvgIpc) is 2.80. The number of nitrogens with zero attached hydrogens (tertiary/aromatic N) is 3. The monoisotopic (exact) mass is 486 g/mol. The first-order chi connectivity index (χ1) is 16.7. The van der Waals surface area contributed by atoms with Crippen LogP contribution in [-0.4, -0.2) is 29.4 Å².